The van der Waals surface area contributed by atoms with Crippen LogP contribution in [0, 0.1) is 5.41 Å². The van der Waals surface area contributed by atoms with Crippen LogP contribution in [0.25, 0.3) is 0 Å². The number of aromatic nitrogens is 1. The Morgan fingerprint density at radius 2 is 1.88 bits per heavy atom. The molecule has 0 unspecified atom stereocenters. The van der Waals surface area contributed by atoms with E-state index in [0.29, 0.717) is 16.9 Å². The topological polar surface area (TPSA) is 51.7 Å². The average molecular weight is 417 g/mol. The summed E-state index contributed by atoms with van der Waals surface area (Å²) in [5.74, 6) is 0.394. The lowest BCUT2D eigenvalue weighted by Crippen LogP contribution is -2.51. The minimum Gasteiger partial charge on any atom is -0.474 e. The Balaban J connectivity index is 1.24. The van der Waals surface area contributed by atoms with Crippen LogP contribution in [0.1, 0.15) is 36.0 Å². The molecule has 0 N–H and O–H groups in total. The monoisotopic (exact) mass is 416 g/mol. The molecule has 2 heterocycles. The number of hydrogen-bond donors (Lipinski definition) is 0. The average Bonchev–Trinajstić information content (AvgIpc) is 2.63. The van der Waals surface area contributed by atoms with Gasteiger partial charge in [-0.15, -0.1) is 5.06 Å². The van der Waals surface area contributed by atoms with Gasteiger partial charge in [-0.2, -0.15) is 0 Å². The van der Waals surface area contributed by atoms with Crippen molar-refractivity contribution in [1.82, 2.24) is 10.0 Å². The van der Waals surface area contributed by atoms with Crippen LogP contribution in [0.3, 0.4) is 0 Å². The van der Waals surface area contributed by atoms with Crippen molar-refractivity contribution in [3.63, 3.8) is 0 Å². The number of halogens is 1. The van der Waals surface area contributed by atoms with E-state index in [4.69, 9.17) is 9.57 Å². The van der Waals surface area contributed by atoms with Crippen LogP contribution in [0.15, 0.2) is 53.1 Å². The highest BCUT2D eigenvalue weighted by Crippen LogP contribution is 2.50. The summed E-state index contributed by atoms with van der Waals surface area (Å²) >= 11 is 3.44. The molecule has 1 saturated carbocycles. The SMILES string of the molecule is O=C(ON1CCC2(CC1)CC(Oc1cc(Br)ccn1)C2)c1ccccc1. The second kappa shape index (κ2) is 7.37. The van der Waals surface area contributed by atoms with Crippen molar-refractivity contribution >= 4 is 21.9 Å². The molecule has 1 aliphatic carbocycles. The molecule has 1 aliphatic heterocycles. The van der Waals surface area contributed by atoms with Gasteiger partial charge in [-0.3, -0.25) is 0 Å². The maximum atomic E-state index is 12.1. The van der Waals surface area contributed by atoms with Crippen LogP contribution in [-0.4, -0.2) is 35.2 Å². The Morgan fingerprint density at radius 1 is 1.15 bits per heavy atom. The Hall–Kier alpha value is -1.92. The second-order valence-corrected chi connectivity index (χ2v) is 8.05. The number of benzene rings is 1. The lowest BCUT2D eigenvalue weighted by molar-refractivity contribution is -0.159. The quantitative estimate of drug-likeness (QED) is 0.745. The summed E-state index contributed by atoms with van der Waals surface area (Å²) in [5.41, 5.74) is 0.915. The molecule has 0 bridgehead atoms. The molecule has 1 aromatic carbocycles. The van der Waals surface area contributed by atoms with E-state index in [9.17, 15) is 4.79 Å². The second-order valence-electron chi connectivity index (χ2n) is 7.13. The van der Waals surface area contributed by atoms with Crippen LogP contribution < -0.4 is 4.74 Å². The summed E-state index contributed by atoms with van der Waals surface area (Å²) in [6.07, 6.45) is 6.12. The lowest BCUT2D eigenvalue weighted by Gasteiger charge is -2.50. The maximum Gasteiger partial charge on any atom is 0.357 e. The number of carbonyl (C=O) groups excluding carboxylic acids is 1. The molecule has 0 amide bonds. The third kappa shape index (κ3) is 3.91. The fourth-order valence-corrected chi connectivity index (χ4v) is 4.13. The van der Waals surface area contributed by atoms with Gasteiger partial charge in [0.15, 0.2) is 0 Å². The van der Waals surface area contributed by atoms with Gasteiger partial charge in [0.05, 0.1) is 5.56 Å². The first-order valence-electron chi connectivity index (χ1n) is 8.92. The Kier molecular flexibility index (Phi) is 4.96. The normalized spacial score (nSPS) is 19.7. The third-order valence-corrected chi connectivity index (χ3v) is 5.80. The van der Waals surface area contributed by atoms with Gasteiger partial charge in [-0.05, 0) is 49.3 Å². The molecule has 2 aliphatic rings. The highest BCUT2D eigenvalue weighted by molar-refractivity contribution is 9.10. The molecule has 0 radical (unpaired) electrons. The number of hydrogen-bond acceptors (Lipinski definition) is 5. The Labute approximate surface area is 161 Å². The number of pyridine rings is 1. The minimum absolute atomic E-state index is 0.232. The van der Waals surface area contributed by atoms with Crippen molar-refractivity contribution in [3.8, 4) is 5.88 Å². The zero-order valence-electron chi connectivity index (χ0n) is 14.4. The molecular formula is C20H21BrN2O3. The van der Waals surface area contributed by atoms with E-state index in [0.717, 1.165) is 43.2 Å². The summed E-state index contributed by atoms with van der Waals surface area (Å²) in [7, 11) is 0. The molecule has 4 rings (SSSR count). The summed E-state index contributed by atoms with van der Waals surface area (Å²) in [6.45, 7) is 1.56. The van der Waals surface area contributed by atoms with Crippen molar-refractivity contribution < 1.29 is 14.4 Å². The number of piperidine rings is 1. The van der Waals surface area contributed by atoms with Gasteiger partial charge >= 0.3 is 5.97 Å². The predicted octanol–water partition coefficient (Wildman–Crippen LogP) is 4.24. The van der Waals surface area contributed by atoms with Crippen LogP contribution in [0.2, 0.25) is 0 Å². The first-order valence-corrected chi connectivity index (χ1v) is 9.72. The highest BCUT2D eigenvalue weighted by atomic mass is 79.9. The minimum atomic E-state index is -0.280. The molecular weight excluding hydrogens is 396 g/mol. The number of ether oxygens (including phenoxy) is 1. The van der Waals surface area contributed by atoms with Crippen LogP contribution >= 0.6 is 15.9 Å². The van der Waals surface area contributed by atoms with Crippen molar-refractivity contribution in [2.24, 2.45) is 5.41 Å². The molecule has 2 fully saturated rings. The highest BCUT2D eigenvalue weighted by Gasteiger charge is 2.47. The van der Waals surface area contributed by atoms with E-state index in [1.54, 1.807) is 23.4 Å². The van der Waals surface area contributed by atoms with E-state index in [2.05, 4.69) is 20.9 Å². The van der Waals surface area contributed by atoms with E-state index in [1.165, 1.54) is 0 Å². The first-order chi connectivity index (χ1) is 12.6. The molecule has 6 heteroatoms. The van der Waals surface area contributed by atoms with Gasteiger partial charge < -0.3 is 9.57 Å². The molecule has 1 saturated heterocycles. The summed E-state index contributed by atoms with van der Waals surface area (Å²) in [6, 6.07) is 12.9. The van der Waals surface area contributed by atoms with Crippen molar-refractivity contribution in [2.45, 2.75) is 31.8 Å². The Bertz CT molecular complexity index is 768. The van der Waals surface area contributed by atoms with Crippen LogP contribution in [-0.2, 0) is 4.84 Å². The number of rotatable bonds is 4. The third-order valence-electron chi connectivity index (χ3n) is 5.31. The first kappa shape index (κ1) is 17.5. The van der Waals surface area contributed by atoms with Gasteiger partial charge in [0.1, 0.15) is 6.10 Å². The molecule has 26 heavy (non-hydrogen) atoms. The molecule has 136 valence electrons. The number of hydroxylamine groups is 2. The van der Waals surface area contributed by atoms with Crippen molar-refractivity contribution in [2.75, 3.05) is 13.1 Å². The van der Waals surface area contributed by atoms with Gasteiger partial charge in [-0.1, -0.05) is 34.1 Å². The van der Waals surface area contributed by atoms with Crippen LogP contribution in [0.5, 0.6) is 5.88 Å². The van der Waals surface area contributed by atoms with Crippen molar-refractivity contribution in [1.29, 1.82) is 0 Å². The fourth-order valence-electron chi connectivity index (χ4n) is 3.81. The van der Waals surface area contributed by atoms with E-state index in [1.807, 2.05) is 30.3 Å². The number of nitrogens with zero attached hydrogens (tertiary/aromatic N) is 2. The van der Waals surface area contributed by atoms with E-state index < -0.39 is 0 Å². The van der Waals surface area contributed by atoms with Gasteiger partial charge in [0, 0.05) is 29.8 Å². The maximum absolute atomic E-state index is 12.1. The molecule has 0 atom stereocenters. The molecule has 1 spiro atoms. The van der Waals surface area contributed by atoms with Gasteiger partial charge in [0.2, 0.25) is 5.88 Å². The molecule has 2 aromatic rings. The largest absolute Gasteiger partial charge is 0.474 e. The molecule has 5 nitrogen and oxygen atoms in total. The fraction of sp³-hybridized carbons (Fsp3) is 0.400. The van der Waals surface area contributed by atoms with Crippen molar-refractivity contribution in [3.05, 3.63) is 58.7 Å². The summed E-state index contributed by atoms with van der Waals surface area (Å²) in [4.78, 5) is 21.9. The smallest absolute Gasteiger partial charge is 0.357 e. The zero-order chi connectivity index (χ0) is 18.0. The van der Waals surface area contributed by atoms with E-state index >= 15 is 0 Å². The lowest BCUT2D eigenvalue weighted by atomic mass is 9.61. The predicted molar refractivity (Wildman–Crippen MR) is 101 cm³/mol. The van der Waals surface area contributed by atoms with Gasteiger partial charge in [0.25, 0.3) is 0 Å². The zero-order valence-corrected chi connectivity index (χ0v) is 16.0. The summed E-state index contributed by atoms with van der Waals surface area (Å²) < 4.78 is 6.94. The van der Waals surface area contributed by atoms with Crippen LogP contribution in [0.4, 0.5) is 0 Å². The van der Waals surface area contributed by atoms with Gasteiger partial charge in [-0.25, -0.2) is 9.78 Å². The standard InChI is InChI=1S/C20H21BrN2O3/c21-16-6-9-22-18(12-16)25-17-13-20(14-17)7-10-23(11-8-20)26-19(24)15-4-2-1-3-5-15/h1-6,9,12,17H,7-8,10-11,13-14H2. The Morgan fingerprint density at radius 3 is 2.58 bits per heavy atom. The summed E-state index contributed by atoms with van der Waals surface area (Å²) in [5, 5.41) is 1.80. The molecule has 1 aromatic heterocycles. The van der Waals surface area contributed by atoms with E-state index in [-0.39, 0.29) is 12.1 Å². The number of carbonyl (C=O) groups is 1.